The summed E-state index contributed by atoms with van der Waals surface area (Å²) in [7, 11) is 0. The molecule has 0 N–H and O–H groups in total. The van der Waals surface area contributed by atoms with Gasteiger partial charge in [0.1, 0.15) is 5.06 Å². The van der Waals surface area contributed by atoms with Gasteiger partial charge in [-0.15, -0.1) is 0 Å². The third-order valence-corrected chi connectivity index (χ3v) is 1.60. The van der Waals surface area contributed by atoms with Crippen LogP contribution in [0.5, 0.6) is 0 Å². The van der Waals surface area contributed by atoms with Crippen molar-refractivity contribution in [1.29, 1.82) is 0 Å². The predicted molar refractivity (Wildman–Crippen MR) is 33.7 cm³/mol. The molecular weight excluding hydrogens is 124 g/mol. The molecule has 1 saturated heterocycles. The Kier molecular flexibility index (Phi) is 1.78. The van der Waals surface area contributed by atoms with Crippen molar-refractivity contribution in [3.05, 3.63) is 6.92 Å². The minimum absolute atomic E-state index is 0.599. The fourth-order valence-electron chi connectivity index (χ4n) is 0.818. The molecule has 1 unspecified atom stereocenters. The highest BCUT2D eigenvalue weighted by Gasteiger charge is 2.23. The Morgan fingerprint density at radius 3 is 2.50 bits per heavy atom. The van der Waals surface area contributed by atoms with Gasteiger partial charge in [0.25, 0.3) is 0 Å². The van der Waals surface area contributed by atoms with Gasteiger partial charge in [0, 0.05) is 6.61 Å². The first kappa shape index (κ1) is 6.37. The van der Waals surface area contributed by atoms with E-state index >= 15 is 0 Å². The van der Waals surface area contributed by atoms with Crippen molar-refractivity contribution in [1.82, 2.24) is 0 Å². The van der Waals surface area contributed by atoms with Gasteiger partial charge < -0.3 is 4.74 Å². The molecule has 0 aromatic rings. The first-order valence-corrected chi connectivity index (χ1v) is 3.27. The van der Waals surface area contributed by atoms with Crippen LogP contribution in [0.25, 0.3) is 0 Å². The lowest BCUT2D eigenvalue weighted by atomic mass is 10.1. The summed E-state index contributed by atoms with van der Waals surface area (Å²) >= 11 is 5.74. The van der Waals surface area contributed by atoms with Crippen LogP contribution in [0.3, 0.4) is 0 Å². The van der Waals surface area contributed by atoms with Gasteiger partial charge in [-0.1, -0.05) is 11.6 Å². The maximum absolute atomic E-state index is 5.74. The highest BCUT2D eigenvalue weighted by Crippen LogP contribution is 2.27. The zero-order valence-electron chi connectivity index (χ0n) is 4.82. The SMILES string of the molecule is [CH2]C1(Cl)CCCCO1. The number of hydrogen-bond donors (Lipinski definition) is 0. The number of halogens is 1. The summed E-state index contributed by atoms with van der Waals surface area (Å²) in [6.45, 7) is 4.44. The van der Waals surface area contributed by atoms with Gasteiger partial charge in [0.2, 0.25) is 0 Å². The second-order valence-corrected chi connectivity index (χ2v) is 2.88. The third-order valence-electron chi connectivity index (χ3n) is 1.31. The van der Waals surface area contributed by atoms with Gasteiger partial charge in [-0.05, 0) is 26.2 Å². The van der Waals surface area contributed by atoms with Crippen LogP contribution < -0.4 is 0 Å². The van der Waals surface area contributed by atoms with Crippen LogP contribution in [0.2, 0.25) is 0 Å². The number of ether oxygens (including phenoxy) is 1. The normalized spacial score (nSPS) is 39.8. The standard InChI is InChI=1S/C6H10ClO/c1-6(7)4-2-3-5-8-6/h1-5H2. The van der Waals surface area contributed by atoms with Crippen molar-refractivity contribution in [2.45, 2.75) is 24.3 Å². The van der Waals surface area contributed by atoms with Crippen molar-refractivity contribution < 1.29 is 4.74 Å². The largest absolute Gasteiger partial charge is 0.360 e. The van der Waals surface area contributed by atoms with Crippen molar-refractivity contribution in [3.63, 3.8) is 0 Å². The van der Waals surface area contributed by atoms with Crippen molar-refractivity contribution in [2.24, 2.45) is 0 Å². The minimum atomic E-state index is -0.599. The molecule has 47 valence electrons. The summed E-state index contributed by atoms with van der Waals surface area (Å²) in [5.41, 5.74) is 0. The molecule has 2 heteroatoms. The van der Waals surface area contributed by atoms with Gasteiger partial charge in [0.15, 0.2) is 0 Å². The van der Waals surface area contributed by atoms with E-state index in [0.29, 0.717) is 0 Å². The second-order valence-electron chi connectivity index (χ2n) is 2.19. The Morgan fingerprint density at radius 2 is 2.25 bits per heavy atom. The Labute approximate surface area is 55.0 Å². The van der Waals surface area contributed by atoms with Crippen LogP contribution in [0.15, 0.2) is 0 Å². The van der Waals surface area contributed by atoms with Crippen LogP contribution in [-0.2, 0) is 4.74 Å². The quantitative estimate of drug-likeness (QED) is 0.459. The van der Waals surface area contributed by atoms with Crippen molar-refractivity contribution >= 4 is 11.6 Å². The van der Waals surface area contributed by atoms with Gasteiger partial charge in [-0.3, -0.25) is 0 Å². The van der Waals surface area contributed by atoms with E-state index in [2.05, 4.69) is 6.92 Å². The zero-order chi connectivity index (χ0) is 6.04. The Balaban J connectivity index is 2.33. The first-order chi connectivity index (χ1) is 3.71. The summed E-state index contributed by atoms with van der Waals surface area (Å²) in [5.74, 6) is 0. The Bertz CT molecular complexity index is 72.6. The molecule has 1 nitrogen and oxygen atoms in total. The molecule has 8 heavy (non-hydrogen) atoms. The summed E-state index contributed by atoms with van der Waals surface area (Å²) in [6.07, 6.45) is 3.16. The third kappa shape index (κ3) is 1.64. The van der Waals surface area contributed by atoms with Crippen LogP contribution in [0.4, 0.5) is 0 Å². The Hall–Kier alpha value is 0.250. The van der Waals surface area contributed by atoms with E-state index in [1.54, 1.807) is 0 Å². The maximum atomic E-state index is 5.74. The molecule has 0 aromatic heterocycles. The molecule has 1 heterocycles. The van der Waals surface area contributed by atoms with E-state index in [1.807, 2.05) is 0 Å². The average molecular weight is 134 g/mol. The van der Waals surface area contributed by atoms with Gasteiger partial charge in [-0.2, -0.15) is 0 Å². The van der Waals surface area contributed by atoms with Crippen LogP contribution >= 0.6 is 11.6 Å². The Morgan fingerprint density at radius 1 is 1.50 bits per heavy atom. The van der Waals surface area contributed by atoms with Gasteiger partial charge >= 0.3 is 0 Å². The van der Waals surface area contributed by atoms with E-state index in [4.69, 9.17) is 16.3 Å². The monoisotopic (exact) mass is 133 g/mol. The number of hydrogen-bond acceptors (Lipinski definition) is 1. The van der Waals surface area contributed by atoms with E-state index in [0.717, 1.165) is 25.9 Å². The topological polar surface area (TPSA) is 9.23 Å². The van der Waals surface area contributed by atoms with Gasteiger partial charge in [0.05, 0.1) is 0 Å². The summed E-state index contributed by atoms with van der Waals surface area (Å²) in [5, 5.41) is -0.599. The summed E-state index contributed by atoms with van der Waals surface area (Å²) < 4.78 is 5.12. The lowest BCUT2D eigenvalue weighted by Gasteiger charge is -2.26. The molecule has 1 radical (unpaired) electrons. The molecular formula is C6H10ClO. The van der Waals surface area contributed by atoms with Crippen molar-refractivity contribution in [3.8, 4) is 0 Å². The number of alkyl halides is 1. The fourth-order valence-corrected chi connectivity index (χ4v) is 1.03. The fraction of sp³-hybridized carbons (Fsp3) is 0.833. The maximum Gasteiger partial charge on any atom is 0.141 e. The highest BCUT2D eigenvalue weighted by molar-refractivity contribution is 6.23. The summed E-state index contributed by atoms with van der Waals surface area (Å²) in [6, 6.07) is 0. The van der Waals surface area contributed by atoms with Crippen LogP contribution in [0.1, 0.15) is 19.3 Å². The minimum Gasteiger partial charge on any atom is -0.360 e. The van der Waals surface area contributed by atoms with E-state index in [1.165, 1.54) is 0 Å². The molecule has 1 rings (SSSR count). The molecule has 0 aromatic carbocycles. The predicted octanol–water partition coefficient (Wildman–Crippen LogP) is 1.96. The molecule has 0 spiro atoms. The molecule has 0 aliphatic carbocycles. The average Bonchev–Trinajstić information content (AvgIpc) is 1.65. The smallest absolute Gasteiger partial charge is 0.141 e. The molecule has 0 bridgehead atoms. The molecule has 0 saturated carbocycles. The first-order valence-electron chi connectivity index (χ1n) is 2.89. The molecule has 1 aliphatic rings. The van der Waals surface area contributed by atoms with Gasteiger partial charge in [-0.25, -0.2) is 0 Å². The van der Waals surface area contributed by atoms with Crippen LogP contribution in [0, 0.1) is 6.92 Å². The lowest BCUT2D eigenvalue weighted by Crippen LogP contribution is -2.26. The summed E-state index contributed by atoms with van der Waals surface area (Å²) in [4.78, 5) is 0. The number of rotatable bonds is 0. The van der Waals surface area contributed by atoms with E-state index in [-0.39, 0.29) is 0 Å². The van der Waals surface area contributed by atoms with E-state index < -0.39 is 5.06 Å². The van der Waals surface area contributed by atoms with Crippen molar-refractivity contribution in [2.75, 3.05) is 6.61 Å². The molecule has 1 aliphatic heterocycles. The van der Waals surface area contributed by atoms with Crippen LogP contribution in [-0.4, -0.2) is 11.7 Å². The molecule has 1 atom stereocenters. The second kappa shape index (κ2) is 2.24. The lowest BCUT2D eigenvalue weighted by molar-refractivity contribution is 0.0140. The highest BCUT2D eigenvalue weighted by atomic mass is 35.5. The van der Waals surface area contributed by atoms with E-state index in [9.17, 15) is 0 Å². The molecule has 0 amide bonds. The zero-order valence-corrected chi connectivity index (χ0v) is 5.58. The molecule has 1 fully saturated rings.